The summed E-state index contributed by atoms with van der Waals surface area (Å²) in [6.07, 6.45) is 3.13. The van der Waals surface area contributed by atoms with Gasteiger partial charge in [-0.3, -0.25) is 14.3 Å². The number of nitrogens with zero attached hydrogens (tertiary/aromatic N) is 4. The molecule has 0 radical (unpaired) electrons. The summed E-state index contributed by atoms with van der Waals surface area (Å²) in [5, 5.41) is 0.667. The highest BCUT2D eigenvalue weighted by Gasteiger charge is 2.23. The maximum absolute atomic E-state index is 14.1. The number of hydrogen-bond acceptors (Lipinski definition) is 5. The number of pyridine rings is 1. The number of amides is 1. The van der Waals surface area contributed by atoms with Crippen molar-refractivity contribution >= 4 is 45.1 Å². The van der Waals surface area contributed by atoms with Crippen molar-refractivity contribution in [3.63, 3.8) is 0 Å². The molecule has 0 atom stereocenters. The van der Waals surface area contributed by atoms with E-state index in [2.05, 4.69) is 16.8 Å². The number of nitrogens with two attached hydrogens (primary N) is 1. The van der Waals surface area contributed by atoms with E-state index in [0.717, 1.165) is 29.1 Å². The Morgan fingerprint density at radius 3 is 2.73 bits per heavy atom. The SMILES string of the molecule is CCCc1nc2c(C(N)=O)cc(N3CCOCC3)cc2n1-c1ccnc2c(Cl)c(F)ccc12. The largest absolute Gasteiger partial charge is 0.378 e. The van der Waals surface area contributed by atoms with E-state index in [0.29, 0.717) is 54.7 Å². The molecule has 170 valence electrons. The minimum atomic E-state index is -0.535. The van der Waals surface area contributed by atoms with E-state index in [1.807, 2.05) is 16.7 Å². The van der Waals surface area contributed by atoms with E-state index in [-0.39, 0.29) is 5.02 Å². The van der Waals surface area contributed by atoms with E-state index in [9.17, 15) is 9.18 Å². The Bertz CT molecular complexity index is 1380. The first-order valence-electron chi connectivity index (χ1n) is 10.9. The van der Waals surface area contributed by atoms with Crippen molar-refractivity contribution in [2.75, 3.05) is 31.2 Å². The number of carbonyl (C=O) groups is 1. The van der Waals surface area contributed by atoms with Gasteiger partial charge in [-0.05, 0) is 36.8 Å². The van der Waals surface area contributed by atoms with Gasteiger partial charge in [0.05, 0.1) is 35.5 Å². The Balaban J connectivity index is 1.84. The summed E-state index contributed by atoms with van der Waals surface area (Å²) in [5.41, 5.74) is 9.46. The van der Waals surface area contributed by atoms with Gasteiger partial charge >= 0.3 is 0 Å². The molecule has 4 aromatic rings. The molecule has 1 fully saturated rings. The molecule has 0 bridgehead atoms. The predicted octanol–water partition coefficient (Wildman–Crippen LogP) is 4.25. The zero-order chi connectivity index (χ0) is 23.1. The number of benzene rings is 2. The minimum Gasteiger partial charge on any atom is -0.378 e. The standard InChI is InChI=1S/C24H23ClFN5O2/c1-2-3-20-29-22-16(24(27)32)12-14(30-8-10-33-11-9-30)13-19(22)31(20)18-6-7-28-23-15(18)4-5-17(26)21(23)25/h4-7,12-13H,2-3,8-11H2,1H3,(H2,27,32). The van der Waals surface area contributed by atoms with Crippen molar-refractivity contribution in [3.05, 3.63) is 58.8 Å². The Morgan fingerprint density at radius 2 is 2.00 bits per heavy atom. The van der Waals surface area contributed by atoms with Gasteiger partial charge in [-0.1, -0.05) is 18.5 Å². The number of anilines is 1. The molecule has 33 heavy (non-hydrogen) atoms. The molecule has 0 saturated carbocycles. The summed E-state index contributed by atoms with van der Waals surface area (Å²) in [7, 11) is 0. The van der Waals surface area contributed by atoms with Gasteiger partial charge in [-0.25, -0.2) is 9.37 Å². The molecule has 2 aromatic carbocycles. The summed E-state index contributed by atoms with van der Waals surface area (Å²) in [6, 6.07) is 8.68. The van der Waals surface area contributed by atoms with Crippen LogP contribution in [0.15, 0.2) is 36.5 Å². The van der Waals surface area contributed by atoms with Gasteiger partial charge in [0, 0.05) is 36.8 Å². The highest BCUT2D eigenvalue weighted by Crippen LogP contribution is 2.34. The van der Waals surface area contributed by atoms with Crippen LogP contribution < -0.4 is 10.6 Å². The van der Waals surface area contributed by atoms with E-state index in [1.165, 1.54) is 6.07 Å². The normalized spacial score (nSPS) is 14.3. The van der Waals surface area contributed by atoms with Gasteiger partial charge in [-0.2, -0.15) is 0 Å². The third-order valence-electron chi connectivity index (χ3n) is 5.95. The summed E-state index contributed by atoms with van der Waals surface area (Å²) in [4.78, 5) is 23.7. The summed E-state index contributed by atoms with van der Waals surface area (Å²) in [6.45, 7) is 4.72. The number of ether oxygens (including phenoxy) is 1. The van der Waals surface area contributed by atoms with Crippen molar-refractivity contribution in [1.82, 2.24) is 14.5 Å². The van der Waals surface area contributed by atoms with Crippen LogP contribution in [0.3, 0.4) is 0 Å². The zero-order valence-corrected chi connectivity index (χ0v) is 18.9. The second-order valence-electron chi connectivity index (χ2n) is 8.03. The maximum Gasteiger partial charge on any atom is 0.251 e. The maximum atomic E-state index is 14.1. The van der Waals surface area contributed by atoms with Crippen LogP contribution in [0.4, 0.5) is 10.1 Å². The zero-order valence-electron chi connectivity index (χ0n) is 18.1. The first-order chi connectivity index (χ1) is 16.0. The summed E-state index contributed by atoms with van der Waals surface area (Å²) >= 11 is 6.23. The molecule has 0 unspecified atom stereocenters. The lowest BCUT2D eigenvalue weighted by molar-refractivity contribution is 0.100. The number of morpholine rings is 1. The van der Waals surface area contributed by atoms with Crippen LogP contribution in [-0.4, -0.2) is 46.7 Å². The van der Waals surface area contributed by atoms with Crippen LogP contribution in [0, 0.1) is 5.82 Å². The number of aromatic nitrogens is 3. The number of fused-ring (bicyclic) bond motifs is 2. The second-order valence-corrected chi connectivity index (χ2v) is 8.40. The summed E-state index contributed by atoms with van der Waals surface area (Å²) < 4.78 is 21.6. The predicted molar refractivity (Wildman–Crippen MR) is 127 cm³/mol. The molecular weight excluding hydrogens is 445 g/mol. The van der Waals surface area contributed by atoms with E-state index < -0.39 is 11.7 Å². The van der Waals surface area contributed by atoms with E-state index >= 15 is 0 Å². The molecule has 1 aliphatic heterocycles. The van der Waals surface area contributed by atoms with Crippen molar-refractivity contribution in [2.45, 2.75) is 19.8 Å². The van der Waals surface area contributed by atoms with Gasteiger partial charge < -0.3 is 15.4 Å². The molecular formula is C24H23ClFN5O2. The molecule has 5 rings (SSSR count). The number of halogens is 2. The van der Waals surface area contributed by atoms with E-state index in [4.69, 9.17) is 27.1 Å². The monoisotopic (exact) mass is 467 g/mol. The Kier molecular flexibility index (Phi) is 5.64. The van der Waals surface area contributed by atoms with Crippen molar-refractivity contribution in [1.29, 1.82) is 0 Å². The van der Waals surface area contributed by atoms with Crippen LogP contribution >= 0.6 is 11.6 Å². The highest BCUT2D eigenvalue weighted by atomic mass is 35.5. The molecule has 3 heterocycles. The lowest BCUT2D eigenvalue weighted by atomic mass is 10.1. The number of primary amides is 1. The van der Waals surface area contributed by atoms with Crippen LogP contribution in [-0.2, 0) is 11.2 Å². The third-order valence-corrected chi connectivity index (χ3v) is 6.31. The first-order valence-corrected chi connectivity index (χ1v) is 11.3. The van der Waals surface area contributed by atoms with Gasteiger partial charge in [0.15, 0.2) is 0 Å². The Morgan fingerprint density at radius 1 is 1.21 bits per heavy atom. The summed E-state index contributed by atoms with van der Waals surface area (Å²) in [5.74, 6) is -0.279. The number of imidazole rings is 1. The van der Waals surface area contributed by atoms with Gasteiger partial charge in [0.2, 0.25) is 0 Å². The van der Waals surface area contributed by atoms with Crippen molar-refractivity contribution < 1.29 is 13.9 Å². The number of carbonyl (C=O) groups excluding carboxylic acids is 1. The molecule has 1 aliphatic rings. The molecule has 2 aromatic heterocycles. The molecule has 7 nitrogen and oxygen atoms in total. The first kappa shape index (κ1) is 21.6. The quantitative estimate of drug-likeness (QED) is 0.474. The minimum absolute atomic E-state index is 0.0253. The topological polar surface area (TPSA) is 86.3 Å². The lowest BCUT2D eigenvalue weighted by Crippen LogP contribution is -2.36. The smallest absolute Gasteiger partial charge is 0.251 e. The number of rotatable bonds is 5. The number of aryl methyl sites for hydroxylation is 1. The molecule has 1 saturated heterocycles. The van der Waals surface area contributed by atoms with Gasteiger partial charge in [0.1, 0.15) is 22.2 Å². The lowest BCUT2D eigenvalue weighted by Gasteiger charge is -2.29. The molecule has 1 amide bonds. The Hall–Kier alpha value is -3.23. The van der Waals surface area contributed by atoms with Crippen LogP contribution in [0.25, 0.3) is 27.6 Å². The van der Waals surface area contributed by atoms with Gasteiger partial charge in [0.25, 0.3) is 5.91 Å². The number of hydrogen-bond donors (Lipinski definition) is 1. The van der Waals surface area contributed by atoms with Crippen LogP contribution in [0.2, 0.25) is 5.02 Å². The third kappa shape index (κ3) is 3.69. The highest BCUT2D eigenvalue weighted by molar-refractivity contribution is 6.35. The van der Waals surface area contributed by atoms with Crippen molar-refractivity contribution in [3.8, 4) is 5.69 Å². The second kappa shape index (κ2) is 8.61. The van der Waals surface area contributed by atoms with Crippen LogP contribution in [0.1, 0.15) is 29.5 Å². The molecule has 0 aliphatic carbocycles. The molecule has 2 N–H and O–H groups in total. The fourth-order valence-corrected chi connectivity index (χ4v) is 4.62. The van der Waals surface area contributed by atoms with E-state index in [1.54, 1.807) is 18.3 Å². The van der Waals surface area contributed by atoms with Gasteiger partial charge in [-0.15, -0.1) is 0 Å². The fraction of sp³-hybridized carbons (Fsp3) is 0.292. The van der Waals surface area contributed by atoms with Crippen LogP contribution in [0.5, 0.6) is 0 Å². The molecule has 0 spiro atoms. The average molecular weight is 468 g/mol. The molecule has 9 heteroatoms. The average Bonchev–Trinajstić information content (AvgIpc) is 3.19. The Labute approximate surface area is 194 Å². The van der Waals surface area contributed by atoms with Crippen molar-refractivity contribution in [2.24, 2.45) is 5.73 Å². The fourth-order valence-electron chi connectivity index (χ4n) is 4.40.